The number of nitrogen functional groups attached to an aromatic ring is 2. The molecule has 0 aliphatic heterocycles. The van der Waals surface area contributed by atoms with E-state index < -0.39 is 6.61 Å². The average molecular weight is 298 g/mol. The number of aromatic nitrogens is 2. The molecule has 1 aromatic heterocycles. The van der Waals surface area contributed by atoms with E-state index in [1.165, 1.54) is 23.9 Å². The number of anilines is 1. The Balaban J connectivity index is 2.49. The van der Waals surface area contributed by atoms with Crippen molar-refractivity contribution in [2.24, 2.45) is 0 Å². The van der Waals surface area contributed by atoms with E-state index in [2.05, 4.69) is 9.72 Å². The van der Waals surface area contributed by atoms with Crippen LogP contribution in [0.5, 0.6) is 11.5 Å². The third-order valence-corrected chi connectivity index (χ3v) is 2.99. The van der Waals surface area contributed by atoms with Crippen LogP contribution >= 0.6 is 0 Å². The second-order valence-corrected chi connectivity index (χ2v) is 4.23. The maximum atomic E-state index is 12.4. The number of halogens is 2. The SMILES string of the molecule is CCc1nc(-c2ccc(OC)c(OC(F)F)c2)c(N)n1N. The van der Waals surface area contributed by atoms with Crippen LogP contribution in [0.2, 0.25) is 0 Å². The number of benzene rings is 1. The normalized spacial score (nSPS) is 10.9. The summed E-state index contributed by atoms with van der Waals surface area (Å²) in [5, 5.41) is 0. The molecule has 0 atom stereocenters. The number of aryl methyl sites for hydroxylation is 1. The Hall–Kier alpha value is -2.51. The van der Waals surface area contributed by atoms with Crippen molar-refractivity contribution in [3.8, 4) is 22.8 Å². The summed E-state index contributed by atoms with van der Waals surface area (Å²) >= 11 is 0. The molecule has 2 aromatic rings. The third kappa shape index (κ3) is 2.83. The summed E-state index contributed by atoms with van der Waals surface area (Å²) in [5.74, 6) is 6.73. The molecule has 0 saturated heterocycles. The second-order valence-electron chi connectivity index (χ2n) is 4.23. The highest BCUT2D eigenvalue weighted by Gasteiger charge is 2.17. The van der Waals surface area contributed by atoms with Crippen LogP contribution in [0.25, 0.3) is 11.3 Å². The van der Waals surface area contributed by atoms with E-state index in [1.807, 2.05) is 6.92 Å². The standard InChI is InChI=1S/C13H16F2N4O2/c1-3-10-18-11(12(16)19(10)17)7-4-5-8(20-2)9(6-7)21-13(14)15/h4-6,13H,3,16-17H2,1-2H3. The lowest BCUT2D eigenvalue weighted by molar-refractivity contribution is -0.0511. The van der Waals surface area contributed by atoms with Gasteiger partial charge in [0.05, 0.1) is 7.11 Å². The van der Waals surface area contributed by atoms with E-state index in [0.29, 0.717) is 23.5 Å². The van der Waals surface area contributed by atoms with Crippen molar-refractivity contribution in [3.05, 3.63) is 24.0 Å². The zero-order valence-corrected chi connectivity index (χ0v) is 11.6. The van der Waals surface area contributed by atoms with Gasteiger partial charge in [0, 0.05) is 12.0 Å². The third-order valence-electron chi connectivity index (χ3n) is 2.99. The first-order valence-electron chi connectivity index (χ1n) is 6.23. The van der Waals surface area contributed by atoms with Crippen molar-refractivity contribution >= 4 is 5.82 Å². The second kappa shape index (κ2) is 5.86. The highest BCUT2D eigenvalue weighted by Crippen LogP contribution is 2.35. The molecule has 1 aromatic carbocycles. The molecule has 0 bridgehead atoms. The number of nitrogens with zero attached hydrogens (tertiary/aromatic N) is 2. The van der Waals surface area contributed by atoms with Gasteiger partial charge in [-0.2, -0.15) is 8.78 Å². The molecule has 114 valence electrons. The summed E-state index contributed by atoms with van der Waals surface area (Å²) in [6.45, 7) is -1.07. The lowest BCUT2D eigenvalue weighted by Crippen LogP contribution is -2.14. The molecule has 6 nitrogen and oxygen atoms in total. The van der Waals surface area contributed by atoms with Crippen LogP contribution < -0.4 is 21.1 Å². The molecule has 0 aliphatic rings. The number of ether oxygens (including phenoxy) is 2. The number of hydrogen-bond donors (Lipinski definition) is 2. The lowest BCUT2D eigenvalue weighted by Gasteiger charge is -2.11. The molecule has 0 aliphatic carbocycles. The van der Waals surface area contributed by atoms with Crippen molar-refractivity contribution in [1.82, 2.24) is 9.66 Å². The van der Waals surface area contributed by atoms with Gasteiger partial charge in [-0.3, -0.25) is 0 Å². The fraction of sp³-hybridized carbons (Fsp3) is 0.308. The maximum Gasteiger partial charge on any atom is 0.387 e. The molecular weight excluding hydrogens is 282 g/mol. The molecule has 0 spiro atoms. The van der Waals surface area contributed by atoms with Crippen LogP contribution in [0.15, 0.2) is 18.2 Å². The van der Waals surface area contributed by atoms with E-state index in [1.54, 1.807) is 6.07 Å². The summed E-state index contributed by atoms with van der Waals surface area (Å²) < 4.78 is 35.5. The van der Waals surface area contributed by atoms with Gasteiger partial charge in [-0.1, -0.05) is 6.92 Å². The highest BCUT2D eigenvalue weighted by molar-refractivity contribution is 5.73. The Morgan fingerprint density at radius 1 is 1.33 bits per heavy atom. The minimum atomic E-state index is -2.95. The molecule has 0 unspecified atom stereocenters. The summed E-state index contributed by atoms with van der Waals surface area (Å²) in [5.41, 5.74) is 6.82. The Morgan fingerprint density at radius 2 is 2.05 bits per heavy atom. The zero-order valence-electron chi connectivity index (χ0n) is 11.6. The van der Waals surface area contributed by atoms with Crippen molar-refractivity contribution in [2.45, 2.75) is 20.0 Å². The predicted molar refractivity (Wildman–Crippen MR) is 74.8 cm³/mol. The van der Waals surface area contributed by atoms with Gasteiger partial charge in [-0.25, -0.2) is 9.66 Å². The van der Waals surface area contributed by atoms with E-state index in [-0.39, 0.29) is 17.3 Å². The van der Waals surface area contributed by atoms with E-state index in [9.17, 15) is 8.78 Å². The minimum Gasteiger partial charge on any atom is -0.493 e. The first kappa shape index (κ1) is 14.9. The molecule has 0 fully saturated rings. The molecule has 21 heavy (non-hydrogen) atoms. The molecule has 4 N–H and O–H groups in total. The average Bonchev–Trinajstić information content (AvgIpc) is 2.74. The monoisotopic (exact) mass is 298 g/mol. The van der Waals surface area contributed by atoms with Crippen molar-refractivity contribution in [2.75, 3.05) is 18.7 Å². The fourth-order valence-corrected chi connectivity index (χ4v) is 1.97. The highest BCUT2D eigenvalue weighted by atomic mass is 19.3. The number of imidazole rings is 1. The first-order valence-corrected chi connectivity index (χ1v) is 6.23. The quantitative estimate of drug-likeness (QED) is 0.824. The van der Waals surface area contributed by atoms with Gasteiger partial charge >= 0.3 is 6.61 Å². The van der Waals surface area contributed by atoms with Crippen LogP contribution in [0.3, 0.4) is 0 Å². The molecule has 1 heterocycles. The van der Waals surface area contributed by atoms with E-state index in [4.69, 9.17) is 16.3 Å². The van der Waals surface area contributed by atoms with Crippen LogP contribution in [0, 0.1) is 0 Å². The van der Waals surface area contributed by atoms with Crippen LogP contribution in [0.1, 0.15) is 12.7 Å². The van der Waals surface area contributed by atoms with Gasteiger partial charge in [0.1, 0.15) is 11.5 Å². The van der Waals surface area contributed by atoms with Gasteiger partial charge in [0.25, 0.3) is 0 Å². The number of alkyl halides is 2. The Kier molecular flexibility index (Phi) is 4.15. The van der Waals surface area contributed by atoms with Crippen molar-refractivity contribution < 1.29 is 18.3 Å². The minimum absolute atomic E-state index is 0.0889. The number of nitrogens with two attached hydrogens (primary N) is 2. The number of hydrogen-bond acceptors (Lipinski definition) is 5. The largest absolute Gasteiger partial charge is 0.493 e. The van der Waals surface area contributed by atoms with Crippen LogP contribution in [0.4, 0.5) is 14.6 Å². The Labute approximate surface area is 120 Å². The van der Waals surface area contributed by atoms with Gasteiger partial charge in [0.15, 0.2) is 17.3 Å². The lowest BCUT2D eigenvalue weighted by atomic mass is 10.1. The van der Waals surface area contributed by atoms with Gasteiger partial charge in [0.2, 0.25) is 0 Å². The predicted octanol–water partition coefficient (Wildman–Crippen LogP) is 2.02. The number of rotatable bonds is 5. The van der Waals surface area contributed by atoms with E-state index in [0.717, 1.165) is 0 Å². The maximum absolute atomic E-state index is 12.4. The van der Waals surface area contributed by atoms with Gasteiger partial charge in [-0.15, -0.1) is 0 Å². The molecule has 0 radical (unpaired) electrons. The van der Waals surface area contributed by atoms with Crippen LogP contribution in [-0.2, 0) is 6.42 Å². The smallest absolute Gasteiger partial charge is 0.387 e. The van der Waals surface area contributed by atoms with Gasteiger partial charge < -0.3 is 21.1 Å². The first-order chi connectivity index (χ1) is 9.97. The number of methoxy groups -OCH3 is 1. The summed E-state index contributed by atoms with van der Waals surface area (Å²) in [6.07, 6.45) is 0.594. The molecule has 0 amide bonds. The fourth-order valence-electron chi connectivity index (χ4n) is 1.97. The van der Waals surface area contributed by atoms with E-state index >= 15 is 0 Å². The molecular formula is C13H16F2N4O2. The Bertz CT molecular complexity index is 643. The van der Waals surface area contributed by atoms with Gasteiger partial charge in [-0.05, 0) is 18.2 Å². The summed E-state index contributed by atoms with van der Waals surface area (Å²) in [4.78, 5) is 4.30. The molecule has 8 heteroatoms. The topological polar surface area (TPSA) is 88.3 Å². The molecule has 2 rings (SSSR count). The Morgan fingerprint density at radius 3 is 2.57 bits per heavy atom. The van der Waals surface area contributed by atoms with Crippen molar-refractivity contribution in [1.29, 1.82) is 0 Å². The zero-order chi connectivity index (χ0) is 15.6. The summed E-state index contributed by atoms with van der Waals surface area (Å²) in [7, 11) is 1.37. The van der Waals surface area contributed by atoms with Crippen LogP contribution in [-0.4, -0.2) is 23.4 Å². The molecule has 0 saturated carbocycles. The summed E-state index contributed by atoms with van der Waals surface area (Å²) in [6, 6.07) is 4.55. The van der Waals surface area contributed by atoms with Crippen molar-refractivity contribution in [3.63, 3.8) is 0 Å².